The van der Waals surface area contributed by atoms with Crippen molar-refractivity contribution in [2.45, 2.75) is 18.6 Å². The number of benzene rings is 2. The third kappa shape index (κ3) is 5.70. The Morgan fingerprint density at radius 2 is 1.69 bits per heavy atom. The Kier molecular flexibility index (Phi) is 7.47. The highest BCUT2D eigenvalue weighted by atomic mass is 35.5. The fraction of sp³-hybridized carbons (Fsp3) is 0.261. The van der Waals surface area contributed by atoms with Gasteiger partial charge in [-0.1, -0.05) is 54.1 Å². The Balaban J connectivity index is 1.80. The molecule has 6 heteroatoms. The molecule has 1 aromatic heterocycles. The lowest BCUT2D eigenvalue weighted by molar-refractivity contribution is 0.169. The predicted molar refractivity (Wildman–Crippen MR) is 115 cm³/mol. The molecule has 2 unspecified atom stereocenters. The minimum absolute atomic E-state index is 0.0212. The van der Waals surface area contributed by atoms with Crippen molar-refractivity contribution in [1.29, 1.82) is 0 Å². The van der Waals surface area contributed by atoms with E-state index in [2.05, 4.69) is 22.4 Å². The van der Waals surface area contributed by atoms with Crippen LogP contribution in [-0.2, 0) is 6.42 Å². The maximum atomic E-state index is 10.6. The van der Waals surface area contributed by atoms with Gasteiger partial charge < -0.3 is 19.9 Å². The molecule has 29 heavy (non-hydrogen) atoms. The van der Waals surface area contributed by atoms with Gasteiger partial charge in [0.1, 0.15) is 5.15 Å². The molecule has 0 amide bonds. The van der Waals surface area contributed by atoms with E-state index < -0.39 is 6.10 Å². The Hall–Kier alpha value is -2.60. The van der Waals surface area contributed by atoms with Gasteiger partial charge in [-0.05, 0) is 35.7 Å². The largest absolute Gasteiger partial charge is 0.493 e. The molecule has 0 aliphatic carbocycles. The molecule has 0 saturated carbocycles. The molecule has 0 fully saturated rings. The molecule has 5 nitrogen and oxygen atoms in total. The molecule has 2 aromatic carbocycles. The monoisotopic (exact) mass is 412 g/mol. The van der Waals surface area contributed by atoms with Crippen molar-refractivity contribution in [3.8, 4) is 11.5 Å². The van der Waals surface area contributed by atoms with E-state index in [4.69, 9.17) is 21.1 Å². The Morgan fingerprint density at radius 3 is 2.34 bits per heavy atom. The molecule has 152 valence electrons. The maximum Gasteiger partial charge on any atom is 0.161 e. The van der Waals surface area contributed by atoms with Crippen LogP contribution in [-0.4, -0.2) is 30.9 Å². The van der Waals surface area contributed by atoms with Gasteiger partial charge in [0, 0.05) is 24.3 Å². The van der Waals surface area contributed by atoms with Crippen molar-refractivity contribution >= 4 is 11.6 Å². The van der Waals surface area contributed by atoms with E-state index in [1.165, 1.54) is 5.56 Å². The standard InChI is InChI=1S/C23H25ClN2O3/c1-28-21-10-8-17(13-22(21)29-2)19(12-16-6-4-3-5-7-16)25-15-20(27)18-9-11-23(24)26-14-18/h3-11,13-14,19-20,25,27H,12,15H2,1-2H3. The lowest BCUT2D eigenvalue weighted by atomic mass is 9.98. The van der Waals surface area contributed by atoms with E-state index in [9.17, 15) is 5.11 Å². The van der Waals surface area contributed by atoms with Gasteiger partial charge in [-0.15, -0.1) is 0 Å². The molecule has 3 rings (SSSR count). The Bertz CT molecular complexity index is 904. The van der Waals surface area contributed by atoms with Gasteiger partial charge in [0.05, 0.1) is 20.3 Å². The van der Waals surface area contributed by atoms with E-state index in [1.807, 2.05) is 36.4 Å². The minimum atomic E-state index is -0.696. The lowest BCUT2D eigenvalue weighted by Crippen LogP contribution is -2.28. The molecule has 0 radical (unpaired) electrons. The van der Waals surface area contributed by atoms with Crippen LogP contribution in [0.1, 0.15) is 28.8 Å². The van der Waals surface area contributed by atoms with Gasteiger partial charge in [-0.3, -0.25) is 0 Å². The van der Waals surface area contributed by atoms with Gasteiger partial charge in [-0.2, -0.15) is 0 Å². The number of aromatic nitrogens is 1. The van der Waals surface area contributed by atoms with Crippen LogP contribution in [0.15, 0.2) is 66.9 Å². The predicted octanol–water partition coefficient (Wildman–Crippen LogP) is 4.36. The number of nitrogens with one attached hydrogen (secondary N) is 1. The molecular weight excluding hydrogens is 388 g/mol. The fourth-order valence-electron chi connectivity index (χ4n) is 3.18. The summed E-state index contributed by atoms with van der Waals surface area (Å²) < 4.78 is 10.8. The first-order valence-corrected chi connectivity index (χ1v) is 9.77. The van der Waals surface area contributed by atoms with Crippen molar-refractivity contribution in [2.24, 2.45) is 0 Å². The summed E-state index contributed by atoms with van der Waals surface area (Å²) >= 11 is 5.84. The van der Waals surface area contributed by atoms with Crippen molar-refractivity contribution in [3.63, 3.8) is 0 Å². The normalized spacial score (nSPS) is 13.0. The number of rotatable bonds is 9. The van der Waals surface area contributed by atoms with Crippen molar-refractivity contribution < 1.29 is 14.6 Å². The number of pyridine rings is 1. The number of halogens is 1. The smallest absolute Gasteiger partial charge is 0.161 e. The van der Waals surface area contributed by atoms with Crippen molar-refractivity contribution in [2.75, 3.05) is 20.8 Å². The summed E-state index contributed by atoms with van der Waals surface area (Å²) in [5, 5.41) is 14.4. The molecule has 0 saturated heterocycles. The summed E-state index contributed by atoms with van der Waals surface area (Å²) in [6.07, 6.45) is 1.66. The lowest BCUT2D eigenvalue weighted by Gasteiger charge is -2.23. The number of methoxy groups -OCH3 is 2. The average Bonchev–Trinajstić information content (AvgIpc) is 2.77. The van der Waals surface area contributed by atoms with Crippen molar-refractivity contribution in [1.82, 2.24) is 10.3 Å². The second-order valence-electron chi connectivity index (χ2n) is 6.70. The molecule has 2 atom stereocenters. The highest BCUT2D eigenvalue weighted by molar-refractivity contribution is 6.29. The molecule has 2 N–H and O–H groups in total. The molecule has 3 aromatic rings. The van der Waals surface area contributed by atoms with Gasteiger partial charge in [-0.25, -0.2) is 4.98 Å². The highest BCUT2D eigenvalue weighted by Gasteiger charge is 2.17. The molecule has 0 bridgehead atoms. The first-order chi connectivity index (χ1) is 14.1. The van der Waals surface area contributed by atoms with Gasteiger partial charge in [0.2, 0.25) is 0 Å². The van der Waals surface area contributed by atoms with Crippen LogP contribution >= 0.6 is 11.6 Å². The first-order valence-electron chi connectivity index (χ1n) is 9.39. The van der Waals surface area contributed by atoms with E-state index in [0.717, 1.165) is 12.0 Å². The number of ether oxygens (including phenoxy) is 2. The van der Waals surface area contributed by atoms with Crippen LogP contribution in [0.2, 0.25) is 5.15 Å². The zero-order valence-corrected chi connectivity index (χ0v) is 17.3. The van der Waals surface area contributed by atoms with Crippen LogP contribution < -0.4 is 14.8 Å². The Labute approximate surface area is 176 Å². The average molecular weight is 413 g/mol. The SMILES string of the molecule is COc1ccc(C(Cc2ccccc2)NCC(O)c2ccc(Cl)nc2)cc1OC. The van der Waals surface area contributed by atoms with Gasteiger partial charge in [0.25, 0.3) is 0 Å². The topological polar surface area (TPSA) is 63.6 Å². The summed E-state index contributed by atoms with van der Waals surface area (Å²) in [6, 6.07) is 19.5. The second kappa shape index (κ2) is 10.3. The number of hydrogen-bond donors (Lipinski definition) is 2. The molecule has 0 spiro atoms. The van der Waals surface area contributed by atoms with Gasteiger partial charge in [0.15, 0.2) is 11.5 Å². The van der Waals surface area contributed by atoms with Crippen LogP contribution in [0.5, 0.6) is 11.5 Å². The summed E-state index contributed by atoms with van der Waals surface area (Å²) in [6.45, 7) is 0.370. The number of aliphatic hydroxyl groups excluding tert-OH is 1. The van der Waals surface area contributed by atoms with Crippen LogP contribution in [0, 0.1) is 0 Å². The quantitative estimate of drug-likeness (QED) is 0.511. The molecule has 0 aliphatic heterocycles. The number of nitrogens with zero attached hydrogens (tertiary/aromatic N) is 1. The summed E-state index contributed by atoms with van der Waals surface area (Å²) in [4.78, 5) is 4.04. The first kappa shape index (κ1) is 21.1. The maximum absolute atomic E-state index is 10.6. The highest BCUT2D eigenvalue weighted by Crippen LogP contribution is 2.31. The summed E-state index contributed by atoms with van der Waals surface area (Å²) in [7, 11) is 3.24. The molecular formula is C23H25ClN2O3. The molecule has 1 heterocycles. The third-order valence-electron chi connectivity index (χ3n) is 4.79. The zero-order chi connectivity index (χ0) is 20.6. The van der Waals surface area contributed by atoms with E-state index >= 15 is 0 Å². The van der Waals surface area contributed by atoms with Gasteiger partial charge >= 0.3 is 0 Å². The second-order valence-corrected chi connectivity index (χ2v) is 7.08. The zero-order valence-electron chi connectivity index (χ0n) is 16.5. The van der Waals surface area contributed by atoms with Crippen LogP contribution in [0.3, 0.4) is 0 Å². The summed E-state index contributed by atoms with van der Waals surface area (Å²) in [5.41, 5.74) is 2.96. The number of hydrogen-bond acceptors (Lipinski definition) is 5. The molecule has 0 aliphatic rings. The van der Waals surface area contributed by atoms with E-state index in [-0.39, 0.29) is 6.04 Å². The van der Waals surface area contributed by atoms with E-state index in [1.54, 1.807) is 32.5 Å². The van der Waals surface area contributed by atoms with Crippen LogP contribution in [0.4, 0.5) is 0 Å². The fourth-order valence-corrected chi connectivity index (χ4v) is 3.30. The van der Waals surface area contributed by atoms with E-state index in [0.29, 0.717) is 28.8 Å². The summed E-state index contributed by atoms with van der Waals surface area (Å²) in [5.74, 6) is 1.36. The van der Waals surface area contributed by atoms with Crippen LogP contribution in [0.25, 0.3) is 0 Å². The third-order valence-corrected chi connectivity index (χ3v) is 5.01. The minimum Gasteiger partial charge on any atom is -0.493 e. The van der Waals surface area contributed by atoms with Crippen molar-refractivity contribution in [3.05, 3.63) is 88.7 Å². The Morgan fingerprint density at radius 1 is 0.966 bits per heavy atom. The number of aliphatic hydroxyl groups is 1.